The van der Waals surface area contributed by atoms with Crippen molar-refractivity contribution in [3.63, 3.8) is 0 Å². The number of aliphatic hydroxyl groups is 1. The predicted molar refractivity (Wildman–Crippen MR) is 101 cm³/mol. The van der Waals surface area contributed by atoms with Gasteiger partial charge in [0.15, 0.2) is 0 Å². The first-order valence-corrected chi connectivity index (χ1v) is 9.83. The number of halogens is 2. The van der Waals surface area contributed by atoms with Crippen molar-refractivity contribution in [3.8, 4) is 0 Å². The highest BCUT2D eigenvalue weighted by Gasteiger charge is 2.23. The van der Waals surface area contributed by atoms with Crippen LogP contribution in [0, 0.1) is 0 Å². The Morgan fingerprint density at radius 2 is 1.67 bits per heavy atom. The van der Waals surface area contributed by atoms with Crippen molar-refractivity contribution in [2.45, 2.75) is 18.8 Å². The lowest BCUT2D eigenvalue weighted by Gasteiger charge is -2.17. The average molecular weight is 390 g/mol. The summed E-state index contributed by atoms with van der Waals surface area (Å²) in [5.41, 5.74) is 1.85. The highest BCUT2D eigenvalue weighted by Crippen LogP contribution is 2.44. The van der Waals surface area contributed by atoms with E-state index in [1.807, 2.05) is 42.5 Å². The van der Waals surface area contributed by atoms with Crippen LogP contribution in [0.25, 0.3) is 0 Å². The molecule has 0 saturated carbocycles. The fraction of sp³-hybridized carbons (Fsp3) is 0.294. The first-order chi connectivity index (χ1) is 10.9. The summed E-state index contributed by atoms with van der Waals surface area (Å²) in [5.74, 6) is 0. The van der Waals surface area contributed by atoms with Crippen molar-refractivity contribution < 1.29 is 14.6 Å². The summed E-state index contributed by atoms with van der Waals surface area (Å²) in [6.45, 7) is 0.838. The van der Waals surface area contributed by atoms with Gasteiger partial charge in [-0.25, -0.2) is 0 Å². The van der Waals surface area contributed by atoms with Crippen molar-refractivity contribution in [2.75, 3.05) is 12.7 Å². The van der Waals surface area contributed by atoms with Gasteiger partial charge in [0.25, 0.3) is 0 Å². The SMILES string of the molecule is Cl.O=P(O)(Cc1ccccc1)C[C@@H](O)CNCc1ccc(Cl)cc1. The summed E-state index contributed by atoms with van der Waals surface area (Å²) in [5, 5.41) is 13.7. The molecule has 0 aromatic heterocycles. The van der Waals surface area contributed by atoms with Crippen LogP contribution >= 0.6 is 31.4 Å². The highest BCUT2D eigenvalue weighted by molar-refractivity contribution is 7.57. The van der Waals surface area contributed by atoms with Crippen LogP contribution in [0.4, 0.5) is 0 Å². The van der Waals surface area contributed by atoms with E-state index in [1.54, 1.807) is 12.1 Å². The minimum absolute atomic E-state index is 0. The summed E-state index contributed by atoms with van der Waals surface area (Å²) < 4.78 is 12.2. The van der Waals surface area contributed by atoms with Gasteiger partial charge < -0.3 is 15.3 Å². The fourth-order valence-electron chi connectivity index (χ4n) is 2.31. The number of hydrogen-bond donors (Lipinski definition) is 3. The van der Waals surface area contributed by atoms with Crippen LogP contribution in [0.15, 0.2) is 54.6 Å². The molecule has 0 aliphatic carbocycles. The van der Waals surface area contributed by atoms with Gasteiger partial charge in [-0.15, -0.1) is 12.4 Å². The topological polar surface area (TPSA) is 69.6 Å². The molecule has 132 valence electrons. The van der Waals surface area contributed by atoms with Crippen LogP contribution < -0.4 is 5.32 Å². The first-order valence-electron chi connectivity index (χ1n) is 7.42. The maximum absolute atomic E-state index is 12.2. The summed E-state index contributed by atoms with van der Waals surface area (Å²) in [7, 11) is -3.40. The average Bonchev–Trinajstić information content (AvgIpc) is 2.49. The van der Waals surface area contributed by atoms with Crippen LogP contribution in [0.3, 0.4) is 0 Å². The van der Waals surface area contributed by atoms with E-state index in [9.17, 15) is 14.6 Å². The quantitative estimate of drug-likeness (QED) is 0.602. The molecule has 0 bridgehead atoms. The molecule has 0 spiro atoms. The van der Waals surface area contributed by atoms with Crippen LogP contribution in [0.1, 0.15) is 11.1 Å². The van der Waals surface area contributed by atoms with E-state index >= 15 is 0 Å². The van der Waals surface area contributed by atoms with Crippen molar-refractivity contribution in [2.24, 2.45) is 0 Å². The Labute approximate surface area is 153 Å². The Morgan fingerprint density at radius 1 is 1.04 bits per heavy atom. The molecule has 2 rings (SSSR count). The zero-order valence-electron chi connectivity index (χ0n) is 13.1. The van der Waals surface area contributed by atoms with Gasteiger partial charge in [-0.3, -0.25) is 4.57 Å². The molecule has 2 aromatic carbocycles. The number of hydrogen-bond acceptors (Lipinski definition) is 3. The summed E-state index contributed by atoms with van der Waals surface area (Å²) in [6.07, 6.45) is -0.890. The van der Waals surface area contributed by atoms with E-state index in [0.717, 1.165) is 11.1 Å². The number of rotatable bonds is 8. The Kier molecular flexibility index (Phi) is 8.99. The Hall–Kier alpha value is -0.870. The summed E-state index contributed by atoms with van der Waals surface area (Å²) in [4.78, 5) is 10.0. The molecule has 1 unspecified atom stereocenters. The van der Waals surface area contributed by atoms with Crippen molar-refractivity contribution in [3.05, 3.63) is 70.7 Å². The van der Waals surface area contributed by atoms with Gasteiger partial charge >= 0.3 is 0 Å². The van der Waals surface area contributed by atoms with Gasteiger partial charge in [0.2, 0.25) is 7.37 Å². The minimum atomic E-state index is -3.40. The van der Waals surface area contributed by atoms with E-state index in [0.29, 0.717) is 11.6 Å². The monoisotopic (exact) mass is 389 g/mol. The van der Waals surface area contributed by atoms with E-state index in [-0.39, 0.29) is 31.3 Å². The van der Waals surface area contributed by atoms with E-state index in [2.05, 4.69) is 5.32 Å². The third-order valence-electron chi connectivity index (χ3n) is 3.39. The standard InChI is InChI=1S/C17H21ClNO3P.ClH/c18-16-8-6-14(7-9-16)10-19-11-17(20)13-23(21,22)12-15-4-2-1-3-5-15;/h1-9,17,19-20H,10-13H2,(H,21,22);1H/t17-;/m0./s1. The van der Waals surface area contributed by atoms with Crippen LogP contribution in [-0.2, 0) is 17.3 Å². The molecule has 0 radical (unpaired) electrons. The molecule has 2 atom stereocenters. The third kappa shape index (κ3) is 7.80. The molecule has 0 aliphatic rings. The van der Waals surface area contributed by atoms with Crippen molar-refractivity contribution in [1.82, 2.24) is 5.32 Å². The summed E-state index contributed by atoms with van der Waals surface area (Å²) >= 11 is 5.82. The van der Waals surface area contributed by atoms with Gasteiger partial charge in [-0.2, -0.15) is 0 Å². The maximum atomic E-state index is 12.2. The second-order valence-corrected chi connectivity index (χ2v) is 8.39. The van der Waals surface area contributed by atoms with Crippen molar-refractivity contribution >= 4 is 31.4 Å². The van der Waals surface area contributed by atoms with Crippen molar-refractivity contribution in [1.29, 1.82) is 0 Å². The molecule has 4 nitrogen and oxygen atoms in total. The maximum Gasteiger partial charge on any atom is 0.207 e. The Morgan fingerprint density at radius 3 is 2.29 bits per heavy atom. The minimum Gasteiger partial charge on any atom is -0.391 e. The second-order valence-electron chi connectivity index (χ2n) is 5.58. The molecule has 0 saturated heterocycles. The lowest BCUT2D eigenvalue weighted by atomic mass is 10.2. The van der Waals surface area contributed by atoms with E-state index < -0.39 is 13.5 Å². The first kappa shape index (κ1) is 21.2. The second kappa shape index (κ2) is 10.2. The zero-order valence-corrected chi connectivity index (χ0v) is 15.6. The van der Waals surface area contributed by atoms with Gasteiger partial charge in [0, 0.05) is 24.3 Å². The largest absolute Gasteiger partial charge is 0.391 e. The van der Waals surface area contributed by atoms with Crippen LogP contribution in [0.2, 0.25) is 5.02 Å². The molecule has 0 heterocycles. The number of benzene rings is 2. The zero-order chi connectivity index (χ0) is 16.7. The van der Waals surface area contributed by atoms with Gasteiger partial charge in [0.1, 0.15) is 0 Å². The van der Waals surface area contributed by atoms with Crippen LogP contribution in [0.5, 0.6) is 0 Å². The molecule has 0 aliphatic heterocycles. The van der Waals surface area contributed by atoms with E-state index in [1.165, 1.54) is 0 Å². The Balaban J connectivity index is 0.00000288. The molecular weight excluding hydrogens is 368 g/mol. The summed E-state index contributed by atoms with van der Waals surface area (Å²) in [6, 6.07) is 16.6. The Bertz CT molecular complexity index is 653. The van der Waals surface area contributed by atoms with E-state index in [4.69, 9.17) is 11.6 Å². The normalized spacial score (nSPS) is 14.5. The highest BCUT2D eigenvalue weighted by atomic mass is 35.5. The molecule has 0 amide bonds. The lowest BCUT2D eigenvalue weighted by Crippen LogP contribution is -2.29. The van der Waals surface area contributed by atoms with Crippen LogP contribution in [-0.4, -0.2) is 28.8 Å². The molecule has 3 N–H and O–H groups in total. The number of aliphatic hydroxyl groups excluding tert-OH is 1. The third-order valence-corrected chi connectivity index (χ3v) is 5.49. The predicted octanol–water partition coefficient (Wildman–Crippen LogP) is 3.68. The van der Waals surface area contributed by atoms with Gasteiger partial charge in [0.05, 0.1) is 12.3 Å². The molecule has 24 heavy (non-hydrogen) atoms. The fourth-order valence-corrected chi connectivity index (χ4v) is 4.14. The van der Waals surface area contributed by atoms with Gasteiger partial charge in [-0.05, 0) is 23.3 Å². The lowest BCUT2D eigenvalue weighted by molar-refractivity contribution is 0.190. The number of nitrogens with one attached hydrogen (secondary N) is 1. The molecular formula is C17H22Cl2NO3P. The molecule has 0 fully saturated rings. The van der Waals surface area contributed by atoms with Gasteiger partial charge in [-0.1, -0.05) is 54.1 Å². The molecule has 7 heteroatoms. The molecule has 2 aromatic rings. The smallest absolute Gasteiger partial charge is 0.207 e.